The number of hydrogen-bond donors (Lipinski definition) is 2. The Balaban J connectivity index is 2.23. The Morgan fingerprint density at radius 1 is 1.24 bits per heavy atom. The molecule has 0 heterocycles. The molecule has 0 spiro atoms. The molecule has 2 aromatic rings. The average Bonchev–Trinajstić information content (AvgIpc) is 2.32. The Hall–Kier alpha value is -1.55. The van der Waals surface area contributed by atoms with E-state index in [-0.39, 0.29) is 0 Å². The predicted molar refractivity (Wildman–Crippen MR) is 71.4 cm³/mol. The Kier molecular flexibility index (Phi) is 3.64. The van der Waals surface area contributed by atoms with Crippen molar-refractivity contribution >= 4 is 32.8 Å². The van der Waals surface area contributed by atoms with Crippen molar-refractivity contribution in [3.8, 4) is 0 Å². The lowest BCUT2D eigenvalue weighted by molar-refractivity contribution is 0.194. The highest BCUT2D eigenvalue weighted by molar-refractivity contribution is 9.10. The van der Waals surface area contributed by atoms with Gasteiger partial charge in [0.1, 0.15) is 0 Å². The number of rotatable bonds is 3. The molecule has 2 N–H and O–H groups in total. The minimum atomic E-state index is -0.984. The van der Waals surface area contributed by atoms with Crippen LogP contribution < -0.4 is 5.32 Å². The minimum Gasteiger partial charge on any atom is -0.465 e. The van der Waals surface area contributed by atoms with E-state index in [1.54, 1.807) is 0 Å². The SMILES string of the molecule is O=C(O)NCCc1ccc2ccccc2c1Br. The van der Waals surface area contributed by atoms with Gasteiger partial charge >= 0.3 is 6.09 Å². The van der Waals surface area contributed by atoms with Crippen LogP contribution in [-0.4, -0.2) is 17.7 Å². The quantitative estimate of drug-likeness (QED) is 0.911. The Labute approximate surface area is 108 Å². The molecule has 2 rings (SSSR count). The molecule has 3 nitrogen and oxygen atoms in total. The van der Waals surface area contributed by atoms with Gasteiger partial charge in [0.2, 0.25) is 0 Å². The van der Waals surface area contributed by atoms with Crippen molar-refractivity contribution in [1.82, 2.24) is 5.32 Å². The Bertz CT molecular complexity index is 554. The normalized spacial score (nSPS) is 10.4. The van der Waals surface area contributed by atoms with E-state index >= 15 is 0 Å². The molecule has 4 heteroatoms. The molecule has 0 fully saturated rings. The van der Waals surface area contributed by atoms with Crippen LogP contribution in [0.3, 0.4) is 0 Å². The van der Waals surface area contributed by atoms with Gasteiger partial charge in [0.25, 0.3) is 0 Å². The van der Waals surface area contributed by atoms with Gasteiger partial charge in [-0.25, -0.2) is 4.79 Å². The first kappa shape index (κ1) is 11.9. The summed E-state index contributed by atoms with van der Waals surface area (Å²) in [5.74, 6) is 0. The third-order valence-electron chi connectivity index (χ3n) is 2.61. The third kappa shape index (κ3) is 2.77. The number of carboxylic acid groups (broad SMARTS) is 1. The molecule has 0 unspecified atom stereocenters. The van der Waals surface area contributed by atoms with E-state index < -0.39 is 6.09 Å². The summed E-state index contributed by atoms with van der Waals surface area (Å²) in [5.41, 5.74) is 1.11. The van der Waals surface area contributed by atoms with Crippen LogP contribution in [-0.2, 0) is 6.42 Å². The molecule has 88 valence electrons. The van der Waals surface area contributed by atoms with Gasteiger partial charge in [0.05, 0.1) is 0 Å². The van der Waals surface area contributed by atoms with Crippen molar-refractivity contribution in [1.29, 1.82) is 0 Å². The van der Waals surface area contributed by atoms with Crippen LogP contribution in [0.25, 0.3) is 10.8 Å². The van der Waals surface area contributed by atoms with Gasteiger partial charge in [-0.2, -0.15) is 0 Å². The summed E-state index contributed by atoms with van der Waals surface area (Å²) in [6.07, 6.45) is -0.306. The average molecular weight is 294 g/mol. The summed E-state index contributed by atoms with van der Waals surface area (Å²) >= 11 is 3.57. The lowest BCUT2D eigenvalue weighted by atomic mass is 10.1. The number of halogens is 1. The molecular formula is C13H12BrNO2. The van der Waals surface area contributed by atoms with Crippen molar-refractivity contribution in [3.05, 3.63) is 46.4 Å². The van der Waals surface area contributed by atoms with Gasteiger partial charge in [0, 0.05) is 11.0 Å². The van der Waals surface area contributed by atoms with Gasteiger partial charge in [-0.3, -0.25) is 0 Å². The monoisotopic (exact) mass is 293 g/mol. The first-order valence-corrected chi connectivity index (χ1v) is 6.10. The third-order valence-corrected chi connectivity index (χ3v) is 3.55. The number of fused-ring (bicyclic) bond motifs is 1. The van der Waals surface area contributed by atoms with Crippen LogP contribution in [0, 0.1) is 0 Å². The first-order chi connectivity index (χ1) is 8.18. The summed E-state index contributed by atoms with van der Waals surface area (Å²) in [5, 5.41) is 13.2. The molecule has 0 radical (unpaired) electrons. The van der Waals surface area contributed by atoms with Crippen molar-refractivity contribution < 1.29 is 9.90 Å². The molecule has 2 aromatic carbocycles. The second-order valence-electron chi connectivity index (χ2n) is 3.74. The van der Waals surface area contributed by atoms with Crippen molar-refractivity contribution in [2.75, 3.05) is 6.54 Å². The lowest BCUT2D eigenvalue weighted by Crippen LogP contribution is -2.23. The van der Waals surface area contributed by atoms with Gasteiger partial charge in [-0.1, -0.05) is 36.4 Å². The molecule has 0 bridgehead atoms. The molecule has 0 atom stereocenters. The zero-order valence-electron chi connectivity index (χ0n) is 9.11. The maximum atomic E-state index is 10.4. The number of benzene rings is 2. The number of amides is 1. The van der Waals surface area contributed by atoms with Crippen LogP contribution in [0.1, 0.15) is 5.56 Å². The Morgan fingerprint density at radius 3 is 2.76 bits per heavy atom. The van der Waals surface area contributed by atoms with Gasteiger partial charge in [-0.05, 0) is 38.7 Å². The fourth-order valence-corrected chi connectivity index (χ4v) is 2.47. The zero-order valence-corrected chi connectivity index (χ0v) is 10.7. The fraction of sp³-hybridized carbons (Fsp3) is 0.154. The van der Waals surface area contributed by atoms with Crippen molar-refractivity contribution in [2.45, 2.75) is 6.42 Å². The molecule has 0 aliphatic heterocycles. The van der Waals surface area contributed by atoms with E-state index in [0.717, 1.165) is 15.4 Å². The largest absolute Gasteiger partial charge is 0.465 e. The van der Waals surface area contributed by atoms with E-state index in [4.69, 9.17) is 5.11 Å². The molecular weight excluding hydrogens is 282 g/mol. The van der Waals surface area contributed by atoms with Crippen molar-refractivity contribution in [3.63, 3.8) is 0 Å². The van der Waals surface area contributed by atoms with E-state index in [1.807, 2.05) is 24.3 Å². The predicted octanol–water partition coefficient (Wildman–Crippen LogP) is 3.41. The molecule has 17 heavy (non-hydrogen) atoms. The van der Waals surface area contributed by atoms with E-state index in [0.29, 0.717) is 13.0 Å². The number of hydrogen-bond acceptors (Lipinski definition) is 1. The van der Waals surface area contributed by atoms with Crippen LogP contribution in [0.4, 0.5) is 4.79 Å². The summed E-state index contributed by atoms with van der Waals surface area (Å²) < 4.78 is 1.04. The van der Waals surface area contributed by atoms with Crippen molar-refractivity contribution in [2.24, 2.45) is 0 Å². The first-order valence-electron chi connectivity index (χ1n) is 5.31. The van der Waals surface area contributed by atoms with Gasteiger partial charge in [0.15, 0.2) is 0 Å². The molecule has 0 saturated heterocycles. The van der Waals surface area contributed by atoms with Crippen LogP contribution >= 0.6 is 15.9 Å². The maximum absolute atomic E-state index is 10.4. The van der Waals surface area contributed by atoms with E-state index in [1.165, 1.54) is 5.39 Å². The number of carbonyl (C=O) groups is 1. The lowest BCUT2D eigenvalue weighted by Gasteiger charge is -2.08. The number of nitrogens with one attached hydrogen (secondary N) is 1. The topological polar surface area (TPSA) is 49.3 Å². The second-order valence-corrected chi connectivity index (χ2v) is 4.53. The van der Waals surface area contributed by atoms with Crippen LogP contribution in [0.15, 0.2) is 40.9 Å². The maximum Gasteiger partial charge on any atom is 0.404 e. The molecule has 0 saturated carbocycles. The summed E-state index contributed by atoms with van der Waals surface area (Å²) in [6.45, 7) is 0.423. The highest BCUT2D eigenvalue weighted by atomic mass is 79.9. The highest BCUT2D eigenvalue weighted by Gasteiger charge is 2.04. The van der Waals surface area contributed by atoms with E-state index in [2.05, 4.69) is 33.4 Å². The summed E-state index contributed by atoms with van der Waals surface area (Å²) in [4.78, 5) is 10.4. The van der Waals surface area contributed by atoms with E-state index in [9.17, 15) is 4.79 Å². The standard InChI is InChI=1S/C13H12BrNO2/c14-12-10(7-8-15-13(16)17)6-5-9-3-1-2-4-11(9)12/h1-6,15H,7-8H2,(H,16,17). The van der Waals surface area contributed by atoms with Gasteiger partial charge in [-0.15, -0.1) is 0 Å². The zero-order chi connectivity index (χ0) is 12.3. The molecule has 0 aliphatic carbocycles. The molecule has 0 aliphatic rings. The fourth-order valence-electron chi connectivity index (χ4n) is 1.78. The molecule has 1 amide bonds. The Morgan fingerprint density at radius 2 is 2.00 bits per heavy atom. The summed E-state index contributed by atoms with van der Waals surface area (Å²) in [6, 6.07) is 12.2. The smallest absolute Gasteiger partial charge is 0.404 e. The second kappa shape index (κ2) is 5.19. The van der Waals surface area contributed by atoms with Crippen LogP contribution in [0.2, 0.25) is 0 Å². The molecule has 0 aromatic heterocycles. The summed E-state index contributed by atoms with van der Waals surface area (Å²) in [7, 11) is 0. The van der Waals surface area contributed by atoms with Gasteiger partial charge < -0.3 is 10.4 Å². The highest BCUT2D eigenvalue weighted by Crippen LogP contribution is 2.27. The van der Waals surface area contributed by atoms with Crippen LogP contribution in [0.5, 0.6) is 0 Å². The minimum absolute atomic E-state index is 0.423.